The molecular weight excluding hydrogens is 243 g/mol. The van der Waals surface area contributed by atoms with Gasteiger partial charge in [0.15, 0.2) is 0 Å². The van der Waals surface area contributed by atoms with Crippen LogP contribution in [-0.2, 0) is 0 Å². The predicted molar refractivity (Wildman–Crippen MR) is 74.5 cm³/mol. The fourth-order valence-corrected chi connectivity index (χ4v) is 2.78. The first-order valence-electron chi connectivity index (χ1n) is 6.99. The van der Waals surface area contributed by atoms with E-state index in [0.717, 1.165) is 38.0 Å². The largest absolute Gasteiger partial charge is 0.396 e. The first kappa shape index (κ1) is 14.4. The number of hydrogen-bond acceptors (Lipinski definition) is 3. The molecule has 106 valence electrons. The van der Waals surface area contributed by atoms with Crippen LogP contribution < -0.4 is 5.32 Å². The maximum Gasteiger partial charge on any atom is 0.123 e. The van der Waals surface area contributed by atoms with Crippen molar-refractivity contribution in [3.63, 3.8) is 0 Å². The van der Waals surface area contributed by atoms with Crippen molar-refractivity contribution in [1.82, 2.24) is 10.2 Å². The number of aliphatic hydroxyl groups excluding tert-OH is 1. The molecule has 0 radical (unpaired) electrons. The van der Waals surface area contributed by atoms with Gasteiger partial charge in [-0.05, 0) is 56.6 Å². The number of nitrogens with one attached hydrogen (secondary N) is 1. The van der Waals surface area contributed by atoms with Crippen LogP contribution in [0.25, 0.3) is 0 Å². The first-order valence-corrected chi connectivity index (χ1v) is 6.99. The molecule has 2 rings (SSSR count). The van der Waals surface area contributed by atoms with E-state index < -0.39 is 0 Å². The minimum atomic E-state index is -0.181. The fourth-order valence-electron chi connectivity index (χ4n) is 2.78. The van der Waals surface area contributed by atoms with E-state index in [2.05, 4.69) is 10.2 Å². The van der Waals surface area contributed by atoms with Gasteiger partial charge in [0.2, 0.25) is 0 Å². The van der Waals surface area contributed by atoms with Gasteiger partial charge in [0.1, 0.15) is 5.82 Å². The average molecular weight is 266 g/mol. The number of rotatable bonds is 6. The van der Waals surface area contributed by atoms with E-state index in [1.807, 2.05) is 13.1 Å². The molecule has 0 aromatic heterocycles. The molecular formula is C15H23FN2O. The smallest absolute Gasteiger partial charge is 0.123 e. The number of nitrogens with zero attached hydrogens (tertiary/aromatic N) is 1. The summed E-state index contributed by atoms with van der Waals surface area (Å²) < 4.78 is 13.2. The Morgan fingerprint density at radius 3 is 3.00 bits per heavy atom. The Kier molecular flexibility index (Phi) is 5.31. The van der Waals surface area contributed by atoms with Crippen molar-refractivity contribution < 1.29 is 9.50 Å². The van der Waals surface area contributed by atoms with E-state index in [-0.39, 0.29) is 18.5 Å². The molecule has 1 aromatic rings. The summed E-state index contributed by atoms with van der Waals surface area (Å²) in [5.41, 5.74) is 1.00. The standard InChI is InChI=1S/C15H23FN2O/c1-17-15(13-3-2-4-14(16)9-13)6-8-18-7-5-12(10-18)11-19/h2-4,9,12,15,17,19H,5-8,10-11H2,1H3. The molecule has 1 aliphatic rings. The molecule has 0 bridgehead atoms. The summed E-state index contributed by atoms with van der Waals surface area (Å²) in [5.74, 6) is 0.251. The first-order chi connectivity index (χ1) is 9.22. The van der Waals surface area contributed by atoms with E-state index in [0.29, 0.717) is 5.92 Å². The van der Waals surface area contributed by atoms with Gasteiger partial charge in [-0.25, -0.2) is 4.39 Å². The third kappa shape index (κ3) is 4.00. The highest BCUT2D eigenvalue weighted by atomic mass is 19.1. The van der Waals surface area contributed by atoms with Gasteiger partial charge in [0.25, 0.3) is 0 Å². The zero-order valence-corrected chi connectivity index (χ0v) is 11.5. The molecule has 3 nitrogen and oxygen atoms in total. The number of benzene rings is 1. The van der Waals surface area contributed by atoms with E-state index in [4.69, 9.17) is 5.11 Å². The van der Waals surface area contributed by atoms with Gasteiger partial charge in [0, 0.05) is 19.2 Å². The average Bonchev–Trinajstić information content (AvgIpc) is 2.87. The van der Waals surface area contributed by atoms with Gasteiger partial charge in [-0.2, -0.15) is 0 Å². The molecule has 0 spiro atoms. The number of aliphatic hydroxyl groups is 1. The van der Waals surface area contributed by atoms with Gasteiger partial charge in [-0.1, -0.05) is 12.1 Å². The van der Waals surface area contributed by atoms with Crippen molar-refractivity contribution in [1.29, 1.82) is 0 Å². The SMILES string of the molecule is CNC(CCN1CCC(CO)C1)c1cccc(F)c1. The predicted octanol–water partition coefficient (Wildman–Crippen LogP) is 1.79. The molecule has 4 heteroatoms. The molecule has 2 unspecified atom stereocenters. The van der Waals surface area contributed by atoms with Crippen molar-refractivity contribution in [3.05, 3.63) is 35.6 Å². The van der Waals surface area contributed by atoms with Crippen LogP contribution in [0.1, 0.15) is 24.4 Å². The Morgan fingerprint density at radius 1 is 1.53 bits per heavy atom. The molecule has 1 aromatic carbocycles. The van der Waals surface area contributed by atoms with Crippen molar-refractivity contribution in [2.75, 3.05) is 33.3 Å². The Hall–Kier alpha value is -0.970. The van der Waals surface area contributed by atoms with Crippen LogP contribution in [0.5, 0.6) is 0 Å². The lowest BCUT2D eigenvalue weighted by Gasteiger charge is -2.21. The summed E-state index contributed by atoms with van der Waals surface area (Å²) in [6, 6.07) is 6.98. The third-order valence-electron chi connectivity index (χ3n) is 3.96. The van der Waals surface area contributed by atoms with E-state index in [1.54, 1.807) is 12.1 Å². The maximum atomic E-state index is 13.2. The van der Waals surface area contributed by atoms with Gasteiger partial charge in [-0.15, -0.1) is 0 Å². The second-order valence-corrected chi connectivity index (χ2v) is 5.32. The lowest BCUT2D eigenvalue weighted by atomic mass is 10.0. The molecule has 1 heterocycles. The molecule has 0 aliphatic carbocycles. The van der Waals surface area contributed by atoms with Crippen molar-refractivity contribution in [2.45, 2.75) is 18.9 Å². The summed E-state index contributed by atoms with van der Waals surface area (Å²) in [4.78, 5) is 2.38. The van der Waals surface area contributed by atoms with Crippen LogP contribution in [-0.4, -0.2) is 43.3 Å². The Bertz CT molecular complexity index is 399. The van der Waals surface area contributed by atoms with Crippen molar-refractivity contribution >= 4 is 0 Å². The summed E-state index contributed by atoms with van der Waals surface area (Å²) in [5, 5.41) is 12.4. The highest BCUT2D eigenvalue weighted by Gasteiger charge is 2.22. The molecule has 2 atom stereocenters. The number of hydrogen-bond donors (Lipinski definition) is 2. The van der Waals surface area contributed by atoms with Crippen LogP contribution in [0.3, 0.4) is 0 Å². The van der Waals surface area contributed by atoms with Gasteiger partial charge in [0.05, 0.1) is 0 Å². The Labute approximate surface area is 114 Å². The minimum absolute atomic E-state index is 0.181. The topological polar surface area (TPSA) is 35.5 Å². The van der Waals surface area contributed by atoms with E-state index in [9.17, 15) is 4.39 Å². The highest BCUT2D eigenvalue weighted by Crippen LogP contribution is 2.21. The second-order valence-electron chi connectivity index (χ2n) is 5.32. The summed E-state index contributed by atoms with van der Waals surface area (Å²) in [7, 11) is 1.91. The van der Waals surface area contributed by atoms with Crippen LogP contribution in [0.4, 0.5) is 4.39 Å². The number of likely N-dealkylation sites (tertiary alicyclic amines) is 1. The summed E-state index contributed by atoms with van der Waals surface area (Å²) in [6.07, 6.45) is 2.04. The maximum absolute atomic E-state index is 13.2. The van der Waals surface area contributed by atoms with Crippen LogP contribution in [0.2, 0.25) is 0 Å². The Morgan fingerprint density at radius 2 is 2.37 bits per heavy atom. The van der Waals surface area contributed by atoms with Gasteiger partial charge >= 0.3 is 0 Å². The Balaban J connectivity index is 1.86. The molecule has 2 N–H and O–H groups in total. The third-order valence-corrected chi connectivity index (χ3v) is 3.96. The fraction of sp³-hybridized carbons (Fsp3) is 0.600. The monoisotopic (exact) mass is 266 g/mol. The van der Waals surface area contributed by atoms with Crippen molar-refractivity contribution in [2.24, 2.45) is 5.92 Å². The van der Waals surface area contributed by atoms with E-state index in [1.165, 1.54) is 6.07 Å². The lowest BCUT2D eigenvalue weighted by molar-refractivity contribution is 0.219. The summed E-state index contributed by atoms with van der Waals surface area (Å²) >= 11 is 0. The van der Waals surface area contributed by atoms with Gasteiger partial charge in [-0.3, -0.25) is 0 Å². The zero-order chi connectivity index (χ0) is 13.7. The minimum Gasteiger partial charge on any atom is -0.396 e. The molecule has 19 heavy (non-hydrogen) atoms. The highest BCUT2D eigenvalue weighted by molar-refractivity contribution is 5.20. The molecule has 0 saturated carbocycles. The normalized spacial score (nSPS) is 21.7. The summed E-state index contributed by atoms with van der Waals surface area (Å²) in [6.45, 7) is 3.31. The zero-order valence-electron chi connectivity index (χ0n) is 11.5. The second kappa shape index (κ2) is 6.98. The van der Waals surface area contributed by atoms with Crippen LogP contribution in [0, 0.1) is 11.7 Å². The number of halogens is 1. The van der Waals surface area contributed by atoms with Crippen LogP contribution in [0.15, 0.2) is 24.3 Å². The molecule has 0 amide bonds. The lowest BCUT2D eigenvalue weighted by Crippen LogP contribution is -2.27. The molecule has 1 saturated heterocycles. The van der Waals surface area contributed by atoms with Crippen LogP contribution >= 0.6 is 0 Å². The van der Waals surface area contributed by atoms with Crippen molar-refractivity contribution in [3.8, 4) is 0 Å². The van der Waals surface area contributed by atoms with E-state index >= 15 is 0 Å². The molecule has 1 fully saturated rings. The molecule has 1 aliphatic heterocycles. The van der Waals surface area contributed by atoms with Gasteiger partial charge < -0.3 is 15.3 Å². The quantitative estimate of drug-likeness (QED) is 0.824.